The van der Waals surface area contributed by atoms with Crippen molar-refractivity contribution in [3.63, 3.8) is 0 Å². The Kier molecular flexibility index (Phi) is 3.84. The topological polar surface area (TPSA) is 86.7 Å². The van der Waals surface area contributed by atoms with Gasteiger partial charge >= 0.3 is 0 Å². The van der Waals surface area contributed by atoms with E-state index in [-0.39, 0.29) is 12.0 Å². The fourth-order valence-corrected chi connectivity index (χ4v) is 2.39. The van der Waals surface area contributed by atoms with Crippen LogP contribution >= 0.6 is 0 Å². The largest absolute Gasteiger partial charge is 0.396 e. The Morgan fingerprint density at radius 3 is 2.75 bits per heavy atom. The summed E-state index contributed by atoms with van der Waals surface area (Å²) in [5, 5.41) is 26.5. The lowest BCUT2D eigenvalue weighted by Crippen LogP contribution is -2.39. The Hall–Kier alpha value is -1.01. The average molecular weight is 225 g/mol. The fraction of sp³-hybridized carbons (Fsp3) is 0.900. The molecule has 1 fully saturated rings. The SMILES string of the molecule is OCC1(CNCc2nn[nH]n2)CCCCC1. The molecule has 90 valence electrons. The molecule has 0 saturated heterocycles. The number of rotatable bonds is 5. The van der Waals surface area contributed by atoms with Crippen LogP contribution in [0.1, 0.15) is 37.9 Å². The van der Waals surface area contributed by atoms with Crippen molar-refractivity contribution in [1.82, 2.24) is 25.9 Å². The number of tetrazole rings is 1. The maximum atomic E-state index is 9.51. The molecular weight excluding hydrogens is 206 g/mol. The average Bonchev–Trinajstić information content (AvgIpc) is 2.83. The molecule has 0 unspecified atom stereocenters. The summed E-state index contributed by atoms with van der Waals surface area (Å²) in [6.45, 7) is 1.71. The summed E-state index contributed by atoms with van der Waals surface area (Å²) >= 11 is 0. The molecule has 1 heterocycles. The monoisotopic (exact) mass is 225 g/mol. The van der Waals surface area contributed by atoms with Crippen LogP contribution < -0.4 is 5.32 Å². The van der Waals surface area contributed by atoms with Crippen molar-refractivity contribution in [3.05, 3.63) is 5.82 Å². The number of nitrogens with zero attached hydrogens (tertiary/aromatic N) is 3. The smallest absolute Gasteiger partial charge is 0.188 e. The number of hydrogen-bond donors (Lipinski definition) is 3. The zero-order chi connectivity index (χ0) is 11.3. The van der Waals surface area contributed by atoms with Crippen molar-refractivity contribution < 1.29 is 5.11 Å². The molecule has 0 bridgehead atoms. The third-order valence-corrected chi connectivity index (χ3v) is 3.42. The Bertz CT molecular complexity index is 294. The molecule has 0 radical (unpaired) electrons. The Balaban J connectivity index is 1.78. The molecule has 1 saturated carbocycles. The van der Waals surface area contributed by atoms with E-state index in [0.717, 1.165) is 19.4 Å². The predicted octanol–water partition coefficient (Wildman–Crippen LogP) is 0.232. The summed E-state index contributed by atoms with van der Waals surface area (Å²) in [7, 11) is 0. The first-order chi connectivity index (χ1) is 7.85. The number of aromatic amines is 1. The lowest BCUT2D eigenvalue weighted by Gasteiger charge is -2.35. The van der Waals surface area contributed by atoms with E-state index in [1.807, 2.05) is 0 Å². The minimum atomic E-state index is 0.0714. The molecule has 3 N–H and O–H groups in total. The maximum absolute atomic E-state index is 9.51. The molecule has 0 spiro atoms. The molecule has 0 aliphatic heterocycles. The number of aliphatic hydroxyl groups excluding tert-OH is 1. The first kappa shape index (κ1) is 11.5. The van der Waals surface area contributed by atoms with Crippen LogP contribution in [0.15, 0.2) is 0 Å². The van der Waals surface area contributed by atoms with E-state index in [0.29, 0.717) is 12.4 Å². The highest BCUT2D eigenvalue weighted by Gasteiger charge is 2.30. The van der Waals surface area contributed by atoms with E-state index in [2.05, 4.69) is 25.9 Å². The van der Waals surface area contributed by atoms with Crippen molar-refractivity contribution in [2.45, 2.75) is 38.6 Å². The molecule has 6 nitrogen and oxygen atoms in total. The van der Waals surface area contributed by atoms with E-state index < -0.39 is 0 Å². The van der Waals surface area contributed by atoms with Crippen molar-refractivity contribution in [2.24, 2.45) is 5.41 Å². The number of aliphatic hydroxyl groups is 1. The molecule has 6 heteroatoms. The van der Waals surface area contributed by atoms with E-state index in [1.54, 1.807) is 0 Å². The standard InChI is InChI=1S/C10H19N5O/c16-8-10(4-2-1-3-5-10)7-11-6-9-12-14-15-13-9/h11,16H,1-8H2,(H,12,13,14,15). The van der Waals surface area contributed by atoms with Gasteiger partial charge in [0, 0.05) is 18.6 Å². The highest BCUT2D eigenvalue weighted by atomic mass is 16.3. The first-order valence-electron chi connectivity index (χ1n) is 5.89. The zero-order valence-corrected chi connectivity index (χ0v) is 9.45. The summed E-state index contributed by atoms with van der Waals surface area (Å²) in [4.78, 5) is 0. The van der Waals surface area contributed by atoms with Gasteiger partial charge in [0.1, 0.15) is 0 Å². The molecule has 0 aromatic carbocycles. The molecule has 1 aromatic heterocycles. The Labute approximate surface area is 94.8 Å². The van der Waals surface area contributed by atoms with Gasteiger partial charge in [-0.25, -0.2) is 0 Å². The van der Waals surface area contributed by atoms with E-state index in [1.165, 1.54) is 19.3 Å². The maximum Gasteiger partial charge on any atom is 0.188 e. The summed E-state index contributed by atoms with van der Waals surface area (Å²) in [6.07, 6.45) is 5.98. The van der Waals surface area contributed by atoms with Gasteiger partial charge in [0.25, 0.3) is 0 Å². The van der Waals surface area contributed by atoms with Crippen LogP contribution in [0.5, 0.6) is 0 Å². The van der Waals surface area contributed by atoms with Gasteiger partial charge in [-0.05, 0) is 12.8 Å². The summed E-state index contributed by atoms with van der Waals surface area (Å²) in [5.74, 6) is 0.670. The first-order valence-corrected chi connectivity index (χ1v) is 5.89. The van der Waals surface area contributed by atoms with Gasteiger partial charge < -0.3 is 10.4 Å². The van der Waals surface area contributed by atoms with Crippen molar-refractivity contribution in [3.8, 4) is 0 Å². The Morgan fingerprint density at radius 1 is 1.31 bits per heavy atom. The lowest BCUT2D eigenvalue weighted by atomic mass is 9.74. The van der Waals surface area contributed by atoms with Gasteiger partial charge in [-0.1, -0.05) is 24.5 Å². The number of hydrogen-bond acceptors (Lipinski definition) is 5. The van der Waals surface area contributed by atoms with Crippen LogP contribution in [0.2, 0.25) is 0 Å². The summed E-state index contributed by atoms with van der Waals surface area (Å²) in [5.41, 5.74) is 0.0714. The van der Waals surface area contributed by atoms with Gasteiger partial charge in [-0.15, -0.1) is 10.2 Å². The van der Waals surface area contributed by atoms with Crippen molar-refractivity contribution in [2.75, 3.05) is 13.2 Å². The molecule has 2 rings (SSSR count). The van der Waals surface area contributed by atoms with Gasteiger partial charge in [0.15, 0.2) is 5.82 Å². The predicted molar refractivity (Wildman–Crippen MR) is 58.5 cm³/mol. The highest BCUT2D eigenvalue weighted by molar-refractivity contribution is 4.85. The highest BCUT2D eigenvalue weighted by Crippen LogP contribution is 2.35. The van der Waals surface area contributed by atoms with Crippen LogP contribution in [0, 0.1) is 5.41 Å². The molecular formula is C10H19N5O. The lowest BCUT2D eigenvalue weighted by molar-refractivity contribution is 0.0809. The van der Waals surface area contributed by atoms with Gasteiger partial charge in [0.2, 0.25) is 0 Å². The van der Waals surface area contributed by atoms with E-state index >= 15 is 0 Å². The molecule has 0 amide bonds. The second kappa shape index (κ2) is 5.36. The van der Waals surface area contributed by atoms with E-state index in [4.69, 9.17) is 0 Å². The van der Waals surface area contributed by atoms with Crippen LogP contribution in [0.25, 0.3) is 0 Å². The van der Waals surface area contributed by atoms with Gasteiger partial charge in [-0.3, -0.25) is 0 Å². The van der Waals surface area contributed by atoms with Crippen molar-refractivity contribution in [1.29, 1.82) is 0 Å². The molecule has 1 aliphatic carbocycles. The van der Waals surface area contributed by atoms with Crippen molar-refractivity contribution >= 4 is 0 Å². The van der Waals surface area contributed by atoms with Crippen LogP contribution in [-0.4, -0.2) is 38.9 Å². The second-order valence-corrected chi connectivity index (χ2v) is 4.65. The Morgan fingerprint density at radius 2 is 2.12 bits per heavy atom. The number of nitrogens with one attached hydrogen (secondary N) is 2. The molecule has 16 heavy (non-hydrogen) atoms. The number of aromatic nitrogens is 4. The third-order valence-electron chi connectivity index (χ3n) is 3.42. The second-order valence-electron chi connectivity index (χ2n) is 4.65. The van der Waals surface area contributed by atoms with Gasteiger partial charge in [0.05, 0.1) is 6.54 Å². The molecule has 0 atom stereocenters. The molecule has 1 aromatic rings. The molecule has 1 aliphatic rings. The summed E-state index contributed by atoms with van der Waals surface area (Å²) < 4.78 is 0. The van der Waals surface area contributed by atoms with Crippen LogP contribution in [-0.2, 0) is 6.54 Å². The quantitative estimate of drug-likeness (QED) is 0.668. The number of H-pyrrole nitrogens is 1. The fourth-order valence-electron chi connectivity index (χ4n) is 2.39. The van der Waals surface area contributed by atoms with Gasteiger partial charge in [-0.2, -0.15) is 5.21 Å². The zero-order valence-electron chi connectivity index (χ0n) is 9.45. The minimum absolute atomic E-state index is 0.0714. The van der Waals surface area contributed by atoms with Crippen LogP contribution in [0.3, 0.4) is 0 Å². The third kappa shape index (κ3) is 2.76. The normalized spacial score (nSPS) is 19.8. The summed E-state index contributed by atoms with van der Waals surface area (Å²) in [6, 6.07) is 0. The minimum Gasteiger partial charge on any atom is -0.396 e. The van der Waals surface area contributed by atoms with E-state index in [9.17, 15) is 5.11 Å². The van der Waals surface area contributed by atoms with Crippen LogP contribution in [0.4, 0.5) is 0 Å².